The van der Waals surface area contributed by atoms with Crippen LogP contribution in [0, 0.1) is 19.7 Å². The second-order valence-corrected chi connectivity index (χ2v) is 7.72. The average molecular weight is 359 g/mol. The van der Waals surface area contributed by atoms with E-state index >= 15 is 0 Å². The Bertz CT molecular complexity index is 1010. The summed E-state index contributed by atoms with van der Waals surface area (Å²) >= 11 is 0. The van der Waals surface area contributed by atoms with Crippen molar-refractivity contribution in [3.8, 4) is 0 Å². The molecule has 0 aliphatic heterocycles. The number of benzene rings is 1. The second kappa shape index (κ2) is 6.33. The van der Waals surface area contributed by atoms with Gasteiger partial charge in [-0.3, -0.25) is 4.98 Å². The summed E-state index contributed by atoms with van der Waals surface area (Å²) in [6.07, 6.45) is 3.38. The van der Waals surface area contributed by atoms with Crippen molar-refractivity contribution in [3.05, 3.63) is 71.4 Å². The fourth-order valence-electron chi connectivity index (χ4n) is 2.81. The number of hydrogen-bond acceptors (Lipinski definition) is 4. The van der Waals surface area contributed by atoms with Gasteiger partial charge in [-0.15, -0.1) is 0 Å². The molecule has 2 heterocycles. The van der Waals surface area contributed by atoms with Crippen molar-refractivity contribution in [3.63, 3.8) is 0 Å². The Kier molecular flexibility index (Phi) is 4.34. The molecule has 7 heteroatoms. The smallest absolute Gasteiger partial charge is 0.210 e. The third-order valence-electron chi connectivity index (χ3n) is 4.27. The summed E-state index contributed by atoms with van der Waals surface area (Å²) in [4.78, 5) is 4.15. The highest BCUT2D eigenvalue weighted by Gasteiger charge is 2.28. The van der Waals surface area contributed by atoms with E-state index in [0.29, 0.717) is 12.1 Å². The van der Waals surface area contributed by atoms with Crippen molar-refractivity contribution in [2.45, 2.75) is 30.2 Å². The molecule has 25 heavy (non-hydrogen) atoms. The highest BCUT2D eigenvalue weighted by molar-refractivity contribution is 7.91. The number of pyridine rings is 1. The molecular formula is C18H18FN3O2S. The molecule has 1 aromatic carbocycles. The predicted molar refractivity (Wildman–Crippen MR) is 93.5 cm³/mol. The molecule has 0 aliphatic rings. The standard InChI is InChI=1S/C18H18FN3O2S/c1-12-13(2)22(11-14-4-3-9-21-10-14)18(20)17(12)25(23,24)16-7-5-15(19)6-8-16/h3-10H,11,20H2,1-2H3. The molecule has 2 aromatic heterocycles. The maximum Gasteiger partial charge on any atom is 0.210 e. The lowest BCUT2D eigenvalue weighted by Crippen LogP contribution is -2.09. The topological polar surface area (TPSA) is 78.0 Å². The molecule has 130 valence electrons. The molecule has 0 bridgehead atoms. The molecule has 0 spiro atoms. The minimum absolute atomic E-state index is 0.0160. The van der Waals surface area contributed by atoms with E-state index in [9.17, 15) is 12.8 Å². The SMILES string of the molecule is Cc1c(S(=O)(=O)c2ccc(F)cc2)c(N)n(Cc2cccnc2)c1C. The van der Waals surface area contributed by atoms with Crippen LogP contribution in [0.3, 0.4) is 0 Å². The van der Waals surface area contributed by atoms with Crippen LogP contribution in [0.4, 0.5) is 10.2 Å². The Morgan fingerprint density at radius 2 is 1.84 bits per heavy atom. The highest BCUT2D eigenvalue weighted by Crippen LogP contribution is 2.33. The largest absolute Gasteiger partial charge is 0.384 e. The number of nitrogens with two attached hydrogens (primary N) is 1. The summed E-state index contributed by atoms with van der Waals surface area (Å²) in [5.41, 5.74) is 8.46. The van der Waals surface area contributed by atoms with Crippen LogP contribution in [0.5, 0.6) is 0 Å². The first-order chi connectivity index (χ1) is 11.8. The Labute approximate surface area is 145 Å². The lowest BCUT2D eigenvalue weighted by molar-refractivity contribution is 0.594. The Morgan fingerprint density at radius 1 is 1.16 bits per heavy atom. The summed E-state index contributed by atoms with van der Waals surface area (Å²) in [6.45, 7) is 3.97. The molecule has 5 nitrogen and oxygen atoms in total. The van der Waals surface area contributed by atoms with Crippen LogP contribution in [0.1, 0.15) is 16.8 Å². The number of aromatic nitrogens is 2. The van der Waals surface area contributed by atoms with E-state index in [4.69, 9.17) is 5.73 Å². The quantitative estimate of drug-likeness (QED) is 0.726. The number of anilines is 1. The summed E-state index contributed by atoms with van der Waals surface area (Å²) in [5.74, 6) is -0.322. The van der Waals surface area contributed by atoms with Crippen LogP contribution in [-0.4, -0.2) is 18.0 Å². The monoisotopic (exact) mass is 359 g/mol. The average Bonchev–Trinajstić information content (AvgIpc) is 2.80. The van der Waals surface area contributed by atoms with Gasteiger partial charge in [-0.25, -0.2) is 12.8 Å². The number of rotatable bonds is 4. The molecular weight excluding hydrogens is 341 g/mol. The number of nitrogens with zero attached hydrogens (tertiary/aromatic N) is 2. The molecule has 0 saturated heterocycles. The zero-order valence-electron chi connectivity index (χ0n) is 13.9. The van der Waals surface area contributed by atoms with Crippen molar-refractivity contribution in [2.24, 2.45) is 0 Å². The first-order valence-electron chi connectivity index (χ1n) is 7.67. The van der Waals surface area contributed by atoms with Crippen LogP contribution < -0.4 is 5.73 Å². The molecule has 0 fully saturated rings. The minimum Gasteiger partial charge on any atom is -0.384 e. The molecule has 0 radical (unpaired) electrons. The van der Waals surface area contributed by atoms with Crippen molar-refractivity contribution in [2.75, 3.05) is 5.73 Å². The van der Waals surface area contributed by atoms with Crippen molar-refractivity contribution in [1.29, 1.82) is 0 Å². The van der Waals surface area contributed by atoms with Crippen molar-refractivity contribution < 1.29 is 12.8 Å². The minimum atomic E-state index is -3.84. The van der Waals surface area contributed by atoms with Crippen molar-refractivity contribution >= 4 is 15.7 Å². The van der Waals surface area contributed by atoms with Gasteiger partial charge in [0, 0.05) is 18.1 Å². The maximum absolute atomic E-state index is 13.1. The van der Waals surface area contributed by atoms with E-state index < -0.39 is 15.7 Å². The lowest BCUT2D eigenvalue weighted by Gasteiger charge is -2.09. The van der Waals surface area contributed by atoms with Crippen LogP contribution in [0.15, 0.2) is 58.6 Å². The molecule has 0 aliphatic carbocycles. The van der Waals surface area contributed by atoms with Gasteiger partial charge in [-0.05, 0) is 55.3 Å². The van der Waals surface area contributed by atoms with Crippen LogP contribution in [0.25, 0.3) is 0 Å². The predicted octanol–water partition coefficient (Wildman–Crippen LogP) is 3.10. The zero-order chi connectivity index (χ0) is 18.2. The maximum atomic E-state index is 13.1. The Hall–Kier alpha value is -2.67. The highest BCUT2D eigenvalue weighted by atomic mass is 32.2. The van der Waals surface area contributed by atoms with Crippen LogP contribution >= 0.6 is 0 Å². The van der Waals surface area contributed by atoms with E-state index in [1.807, 2.05) is 19.1 Å². The number of nitrogen functional groups attached to an aromatic ring is 1. The molecule has 0 atom stereocenters. The first kappa shape index (κ1) is 17.2. The molecule has 3 aromatic rings. The number of sulfone groups is 1. The third kappa shape index (κ3) is 3.02. The summed E-state index contributed by atoms with van der Waals surface area (Å²) < 4.78 is 40.8. The fraction of sp³-hybridized carbons (Fsp3) is 0.167. The van der Waals surface area contributed by atoms with Crippen LogP contribution in [-0.2, 0) is 16.4 Å². The third-order valence-corrected chi connectivity index (χ3v) is 6.21. The second-order valence-electron chi connectivity index (χ2n) is 5.83. The molecule has 0 saturated carbocycles. The van der Waals surface area contributed by atoms with Gasteiger partial charge in [-0.1, -0.05) is 6.07 Å². The van der Waals surface area contributed by atoms with Gasteiger partial charge < -0.3 is 10.3 Å². The van der Waals surface area contributed by atoms with Crippen LogP contribution in [0.2, 0.25) is 0 Å². The molecule has 0 amide bonds. The Balaban J connectivity index is 2.11. The summed E-state index contributed by atoms with van der Waals surface area (Å²) in [6, 6.07) is 8.45. The molecule has 3 rings (SSSR count). The van der Waals surface area contributed by atoms with Crippen molar-refractivity contribution in [1.82, 2.24) is 9.55 Å². The van der Waals surface area contributed by atoms with E-state index in [1.165, 1.54) is 12.1 Å². The van der Waals surface area contributed by atoms with Gasteiger partial charge in [0.2, 0.25) is 9.84 Å². The van der Waals surface area contributed by atoms with E-state index in [1.54, 1.807) is 23.9 Å². The first-order valence-corrected chi connectivity index (χ1v) is 9.15. The fourth-order valence-corrected chi connectivity index (χ4v) is 4.48. The molecule has 0 unspecified atom stereocenters. The number of halogens is 1. The molecule has 2 N–H and O–H groups in total. The summed E-state index contributed by atoms with van der Waals surface area (Å²) in [5, 5.41) is 0. The van der Waals surface area contributed by atoms with Gasteiger partial charge in [0.25, 0.3) is 0 Å². The van der Waals surface area contributed by atoms with Gasteiger partial charge in [0.15, 0.2) is 0 Å². The van der Waals surface area contributed by atoms with E-state index in [0.717, 1.165) is 23.4 Å². The van der Waals surface area contributed by atoms with Gasteiger partial charge in [0.05, 0.1) is 11.4 Å². The summed E-state index contributed by atoms with van der Waals surface area (Å²) in [7, 11) is -3.84. The normalized spacial score (nSPS) is 11.6. The zero-order valence-corrected chi connectivity index (χ0v) is 14.7. The Morgan fingerprint density at radius 3 is 2.44 bits per heavy atom. The van der Waals surface area contributed by atoms with Gasteiger partial charge in [-0.2, -0.15) is 0 Å². The van der Waals surface area contributed by atoms with Gasteiger partial charge >= 0.3 is 0 Å². The number of hydrogen-bond donors (Lipinski definition) is 1. The van der Waals surface area contributed by atoms with Gasteiger partial charge in [0.1, 0.15) is 16.5 Å². The van der Waals surface area contributed by atoms with E-state index in [-0.39, 0.29) is 15.6 Å². The lowest BCUT2D eigenvalue weighted by atomic mass is 10.2. The van der Waals surface area contributed by atoms with E-state index in [2.05, 4.69) is 4.98 Å².